The van der Waals surface area contributed by atoms with Crippen molar-refractivity contribution in [3.63, 3.8) is 0 Å². The van der Waals surface area contributed by atoms with Crippen LogP contribution in [0.2, 0.25) is 0 Å². The van der Waals surface area contributed by atoms with E-state index in [1.165, 1.54) is 26.9 Å². The third kappa shape index (κ3) is 4.08. The minimum atomic E-state index is -3.87. The minimum Gasteiger partial charge on any atom is -0.438 e. The van der Waals surface area contributed by atoms with Gasteiger partial charge in [-0.15, -0.1) is 11.3 Å². The summed E-state index contributed by atoms with van der Waals surface area (Å²) in [6, 6.07) is 4.58. The Morgan fingerprint density at radius 2 is 1.86 bits per heavy atom. The monoisotopic (exact) mass is 438 g/mol. The molecule has 2 aromatic rings. The van der Waals surface area contributed by atoms with Gasteiger partial charge in [0.15, 0.2) is 5.76 Å². The van der Waals surface area contributed by atoms with Gasteiger partial charge in [-0.05, 0) is 35.6 Å². The summed E-state index contributed by atoms with van der Waals surface area (Å²) in [7, 11) is -3.87. The number of thiophene rings is 1. The molecule has 11 heteroatoms. The van der Waals surface area contributed by atoms with Gasteiger partial charge in [-0.1, -0.05) is 0 Å². The van der Waals surface area contributed by atoms with Gasteiger partial charge >= 0.3 is 0 Å². The van der Waals surface area contributed by atoms with Crippen LogP contribution < -0.4 is 5.73 Å². The van der Waals surface area contributed by atoms with Crippen molar-refractivity contribution in [3.05, 3.63) is 39.8 Å². The van der Waals surface area contributed by atoms with E-state index >= 15 is 0 Å². The van der Waals surface area contributed by atoms with Crippen LogP contribution in [0.1, 0.15) is 21.0 Å². The first-order chi connectivity index (χ1) is 13.8. The van der Waals surface area contributed by atoms with Crippen molar-refractivity contribution >= 4 is 33.2 Å². The zero-order chi connectivity index (χ0) is 20.6. The fourth-order valence-electron chi connectivity index (χ4n) is 3.63. The van der Waals surface area contributed by atoms with Crippen molar-refractivity contribution < 1.29 is 22.4 Å². The molecule has 1 saturated heterocycles. The molecule has 156 valence electrons. The Labute approximate surface area is 172 Å². The summed E-state index contributed by atoms with van der Waals surface area (Å²) in [6.45, 7) is 2.96. The lowest BCUT2D eigenvalue weighted by atomic mass is 10.1. The molecule has 0 aromatic carbocycles. The molecule has 9 nitrogen and oxygen atoms in total. The normalized spacial score (nSPS) is 18.6. The predicted octanol–water partition coefficient (Wildman–Crippen LogP) is 0.331. The highest BCUT2D eigenvalue weighted by atomic mass is 32.2. The number of sulfonamides is 1. The quantitative estimate of drug-likeness (QED) is 0.719. The number of nitrogens with two attached hydrogens (primary N) is 1. The van der Waals surface area contributed by atoms with Gasteiger partial charge in [0, 0.05) is 44.1 Å². The number of fused-ring (bicyclic) bond motifs is 1. The van der Waals surface area contributed by atoms with Gasteiger partial charge in [0.25, 0.3) is 15.9 Å². The zero-order valence-electron chi connectivity index (χ0n) is 15.7. The molecule has 29 heavy (non-hydrogen) atoms. The van der Waals surface area contributed by atoms with Crippen molar-refractivity contribution in [2.75, 3.05) is 39.3 Å². The molecule has 1 fully saturated rings. The van der Waals surface area contributed by atoms with E-state index < -0.39 is 15.9 Å². The minimum absolute atomic E-state index is 0.00902. The van der Waals surface area contributed by atoms with E-state index in [4.69, 9.17) is 10.2 Å². The van der Waals surface area contributed by atoms with Crippen molar-refractivity contribution in [1.82, 2.24) is 14.1 Å². The molecule has 0 bridgehead atoms. The number of hydrogen-bond acceptors (Lipinski definition) is 7. The molecule has 2 aliphatic heterocycles. The number of rotatable bonds is 5. The maximum Gasteiger partial charge on any atom is 0.284 e. The van der Waals surface area contributed by atoms with Crippen molar-refractivity contribution in [1.29, 1.82) is 0 Å². The molecule has 0 saturated carbocycles. The molecule has 4 heterocycles. The Balaban J connectivity index is 1.33. The van der Waals surface area contributed by atoms with Crippen LogP contribution in [0.15, 0.2) is 33.1 Å². The molecule has 2 aromatic heterocycles. The molecule has 2 amide bonds. The van der Waals surface area contributed by atoms with Crippen LogP contribution in [0.4, 0.5) is 0 Å². The third-order valence-electron chi connectivity index (χ3n) is 5.26. The summed E-state index contributed by atoms with van der Waals surface area (Å²) in [5.41, 5.74) is 6.40. The van der Waals surface area contributed by atoms with E-state index in [-0.39, 0.29) is 29.8 Å². The van der Waals surface area contributed by atoms with E-state index in [0.717, 1.165) is 19.5 Å². The lowest BCUT2D eigenvalue weighted by Crippen LogP contribution is -2.52. The molecular weight excluding hydrogens is 416 g/mol. The summed E-state index contributed by atoms with van der Waals surface area (Å²) in [4.78, 5) is 29.0. The average Bonchev–Trinajstić information content (AvgIpc) is 3.37. The summed E-state index contributed by atoms with van der Waals surface area (Å²) < 4.78 is 31.7. The van der Waals surface area contributed by atoms with Crippen LogP contribution in [0, 0.1) is 0 Å². The van der Waals surface area contributed by atoms with Gasteiger partial charge in [0.05, 0.1) is 6.54 Å². The molecule has 0 atom stereocenters. The number of furan rings is 1. The molecule has 2 N–H and O–H groups in total. The Morgan fingerprint density at radius 1 is 1.10 bits per heavy atom. The number of carbonyl (C=O) groups excluding carboxylic acids is 2. The number of nitrogens with zero attached hydrogens (tertiary/aromatic N) is 3. The van der Waals surface area contributed by atoms with E-state index in [1.807, 2.05) is 0 Å². The summed E-state index contributed by atoms with van der Waals surface area (Å²) >= 11 is 1.76. The number of amides is 2. The Hall–Kier alpha value is -2.21. The van der Waals surface area contributed by atoms with Crippen molar-refractivity contribution in [3.8, 4) is 0 Å². The molecule has 0 unspecified atom stereocenters. The molecule has 4 rings (SSSR count). The van der Waals surface area contributed by atoms with Gasteiger partial charge in [0.2, 0.25) is 11.0 Å². The predicted molar refractivity (Wildman–Crippen MR) is 106 cm³/mol. The van der Waals surface area contributed by atoms with Crippen LogP contribution in [-0.2, 0) is 27.8 Å². The smallest absolute Gasteiger partial charge is 0.284 e. The van der Waals surface area contributed by atoms with Crippen LogP contribution in [-0.4, -0.2) is 73.6 Å². The summed E-state index contributed by atoms with van der Waals surface area (Å²) in [5, 5.41) is 1.77. The molecule has 0 radical (unpaired) electrons. The lowest BCUT2D eigenvalue weighted by molar-refractivity contribution is -0.133. The van der Waals surface area contributed by atoms with Gasteiger partial charge in [-0.3, -0.25) is 14.5 Å². The Morgan fingerprint density at radius 3 is 2.55 bits per heavy atom. The van der Waals surface area contributed by atoms with Crippen LogP contribution in [0.25, 0.3) is 0 Å². The second-order valence-corrected chi connectivity index (χ2v) is 9.97. The SMILES string of the molecule is NC(=O)c1ccc(S(=O)(=O)N2CCN(C(=O)CN3CCc4sccc4C3)CC2)o1. The van der Waals surface area contributed by atoms with Crippen LogP contribution in [0.3, 0.4) is 0 Å². The number of primary amides is 1. The standard InChI is InChI=1S/C18H22N4O5S2/c19-18(24)14-1-2-17(27-14)29(25,26)22-8-6-21(7-9-22)16(23)12-20-5-3-15-13(11-20)4-10-28-15/h1-2,4,10H,3,5-9,11-12H2,(H2,19,24). The second-order valence-electron chi connectivity index (χ2n) is 7.10. The van der Waals surface area contributed by atoms with E-state index in [9.17, 15) is 18.0 Å². The average molecular weight is 439 g/mol. The first kappa shape index (κ1) is 20.1. The lowest BCUT2D eigenvalue weighted by Gasteiger charge is -2.35. The third-order valence-corrected chi connectivity index (χ3v) is 8.05. The number of piperazine rings is 1. The van der Waals surface area contributed by atoms with E-state index in [2.05, 4.69) is 16.3 Å². The number of hydrogen-bond donors (Lipinski definition) is 1. The largest absolute Gasteiger partial charge is 0.438 e. The molecular formula is C18H22N4O5S2. The molecule has 0 spiro atoms. The summed E-state index contributed by atoms with van der Waals surface area (Å²) in [6.07, 6.45) is 0.961. The highest BCUT2D eigenvalue weighted by Gasteiger charge is 2.33. The van der Waals surface area contributed by atoms with Crippen molar-refractivity contribution in [2.45, 2.75) is 18.1 Å². The van der Waals surface area contributed by atoms with Gasteiger partial charge < -0.3 is 15.1 Å². The molecule has 0 aliphatic carbocycles. The van der Waals surface area contributed by atoms with E-state index in [1.54, 1.807) is 16.2 Å². The van der Waals surface area contributed by atoms with Gasteiger partial charge in [-0.2, -0.15) is 4.31 Å². The highest BCUT2D eigenvalue weighted by molar-refractivity contribution is 7.89. The maximum absolute atomic E-state index is 12.7. The fraction of sp³-hybridized carbons (Fsp3) is 0.444. The van der Waals surface area contributed by atoms with Crippen LogP contribution in [0.5, 0.6) is 0 Å². The summed E-state index contributed by atoms with van der Waals surface area (Å²) in [5.74, 6) is -1.02. The first-order valence-electron chi connectivity index (χ1n) is 9.30. The Bertz CT molecular complexity index is 1020. The van der Waals surface area contributed by atoms with Crippen molar-refractivity contribution in [2.24, 2.45) is 5.73 Å². The van der Waals surface area contributed by atoms with Gasteiger partial charge in [-0.25, -0.2) is 8.42 Å². The second kappa shape index (κ2) is 7.90. The topological polar surface area (TPSA) is 117 Å². The van der Waals surface area contributed by atoms with Crippen LogP contribution >= 0.6 is 11.3 Å². The first-order valence-corrected chi connectivity index (χ1v) is 11.6. The maximum atomic E-state index is 12.7. The van der Waals surface area contributed by atoms with E-state index in [0.29, 0.717) is 19.6 Å². The van der Waals surface area contributed by atoms with Gasteiger partial charge in [0.1, 0.15) is 0 Å². The zero-order valence-corrected chi connectivity index (χ0v) is 17.4. The number of carbonyl (C=O) groups is 2. The Kier molecular flexibility index (Phi) is 5.47. The fourth-order valence-corrected chi connectivity index (χ4v) is 5.85. The molecule has 2 aliphatic rings. The highest BCUT2D eigenvalue weighted by Crippen LogP contribution is 2.24.